The molecule has 2 unspecified atom stereocenters. The number of ether oxygens (including phenoxy) is 1. The predicted molar refractivity (Wildman–Crippen MR) is 155 cm³/mol. The maximum atomic E-state index is 13.7. The molecular weight excluding hydrogens is 516 g/mol. The van der Waals surface area contributed by atoms with Crippen molar-refractivity contribution in [2.75, 3.05) is 0 Å². The number of rotatable bonds is 6. The van der Waals surface area contributed by atoms with Crippen LogP contribution in [0.3, 0.4) is 0 Å². The van der Waals surface area contributed by atoms with E-state index in [-0.39, 0.29) is 24.1 Å². The first kappa shape index (κ1) is 26.3. The number of nitrogens with one attached hydrogen (secondary N) is 1. The Bertz CT molecular complexity index is 1840. The van der Waals surface area contributed by atoms with Gasteiger partial charge in [0, 0.05) is 30.6 Å². The molecule has 41 heavy (non-hydrogen) atoms. The van der Waals surface area contributed by atoms with Crippen LogP contribution in [-0.2, 0) is 24.9 Å². The molecule has 0 aliphatic heterocycles. The summed E-state index contributed by atoms with van der Waals surface area (Å²) in [5, 5.41) is 13.6. The molecule has 9 nitrogen and oxygen atoms in total. The van der Waals surface area contributed by atoms with E-state index in [1.807, 2.05) is 65.2 Å². The fourth-order valence-corrected chi connectivity index (χ4v) is 5.88. The minimum Gasteiger partial charge on any atom is -0.445 e. The van der Waals surface area contributed by atoms with E-state index in [2.05, 4.69) is 16.4 Å². The second-order valence-electron chi connectivity index (χ2n) is 10.5. The summed E-state index contributed by atoms with van der Waals surface area (Å²) in [5.74, 6) is 0.784. The van der Waals surface area contributed by atoms with Crippen LogP contribution in [0.5, 0.6) is 0 Å². The van der Waals surface area contributed by atoms with E-state index in [0.717, 1.165) is 41.6 Å². The molecule has 0 spiro atoms. The van der Waals surface area contributed by atoms with Gasteiger partial charge < -0.3 is 14.6 Å². The van der Waals surface area contributed by atoms with Crippen molar-refractivity contribution in [2.45, 2.75) is 50.8 Å². The van der Waals surface area contributed by atoms with E-state index < -0.39 is 6.09 Å². The summed E-state index contributed by atoms with van der Waals surface area (Å²) >= 11 is 0. The Morgan fingerprint density at radius 2 is 1.90 bits per heavy atom. The number of pyridine rings is 2. The Balaban J connectivity index is 1.35. The first-order valence-corrected chi connectivity index (χ1v) is 13.8. The summed E-state index contributed by atoms with van der Waals surface area (Å²) in [6.45, 7) is 0.547. The maximum absolute atomic E-state index is 13.7. The van der Waals surface area contributed by atoms with Crippen LogP contribution in [0.15, 0.2) is 77.7 Å². The standard InChI is InChI=1S/C32H30N6O3/c1-37-30-26(15-8-16-34-30)27-28(31(37)39)38(19-24-12-6-5-11-23(24)18-33)29(36-27)22-13-7-14-25(17-22)35-32(40)41-20-21-9-3-2-4-10-21/h2-6,8-12,15-16,22,25H,7,13-14,17,19-20H2,1H3,(H,35,40). The van der Waals surface area contributed by atoms with Gasteiger partial charge in [-0.05, 0) is 48.6 Å². The number of aryl methyl sites for hydroxylation is 1. The third-order valence-corrected chi connectivity index (χ3v) is 7.90. The number of carbonyl (C=O) groups is 1. The minimum absolute atomic E-state index is 0.00116. The lowest BCUT2D eigenvalue weighted by Gasteiger charge is -2.29. The molecule has 0 bridgehead atoms. The van der Waals surface area contributed by atoms with Gasteiger partial charge in [0.1, 0.15) is 29.1 Å². The van der Waals surface area contributed by atoms with Crippen LogP contribution in [-0.4, -0.2) is 31.2 Å². The van der Waals surface area contributed by atoms with E-state index in [9.17, 15) is 14.9 Å². The van der Waals surface area contributed by atoms with E-state index in [1.54, 1.807) is 23.9 Å². The highest BCUT2D eigenvalue weighted by atomic mass is 16.5. The molecular formula is C32H30N6O3. The largest absolute Gasteiger partial charge is 0.445 e. The SMILES string of the molecule is Cn1c(=O)c2c(nc(C3CCCC(NC(=O)OCc4ccccc4)C3)n2Cc2ccccc2C#N)c2cccnc21. The molecule has 6 rings (SSSR count). The molecule has 3 heterocycles. The van der Waals surface area contributed by atoms with Crippen LogP contribution in [0.4, 0.5) is 4.79 Å². The third-order valence-electron chi connectivity index (χ3n) is 7.90. The van der Waals surface area contributed by atoms with Crippen molar-refractivity contribution in [2.24, 2.45) is 7.05 Å². The Hall–Kier alpha value is -4.97. The van der Waals surface area contributed by atoms with Gasteiger partial charge in [-0.15, -0.1) is 0 Å². The van der Waals surface area contributed by atoms with Gasteiger partial charge in [0.15, 0.2) is 0 Å². The number of imidazole rings is 1. The molecule has 1 saturated carbocycles. The second kappa shape index (κ2) is 11.3. The highest BCUT2D eigenvalue weighted by Gasteiger charge is 2.30. The molecule has 1 aliphatic rings. The Labute approximate surface area is 237 Å². The normalized spacial score (nSPS) is 16.9. The molecule has 2 aromatic carbocycles. The van der Waals surface area contributed by atoms with Gasteiger partial charge in [0.25, 0.3) is 5.56 Å². The Kier molecular flexibility index (Phi) is 7.21. The van der Waals surface area contributed by atoms with Crippen molar-refractivity contribution in [3.63, 3.8) is 0 Å². The number of benzene rings is 2. The number of hydrogen-bond acceptors (Lipinski definition) is 6. The smallest absolute Gasteiger partial charge is 0.407 e. The van der Waals surface area contributed by atoms with Crippen LogP contribution in [0.1, 0.15) is 54.1 Å². The molecule has 2 atom stereocenters. The number of aromatic nitrogens is 4. The van der Waals surface area contributed by atoms with Crippen LogP contribution in [0, 0.1) is 11.3 Å². The van der Waals surface area contributed by atoms with E-state index in [0.29, 0.717) is 35.2 Å². The number of carbonyl (C=O) groups excluding carboxylic acids is 1. The summed E-state index contributed by atoms with van der Waals surface area (Å²) < 4.78 is 9.01. The number of nitrogens with zero attached hydrogens (tertiary/aromatic N) is 5. The van der Waals surface area contributed by atoms with Gasteiger partial charge in [-0.3, -0.25) is 9.36 Å². The summed E-state index contributed by atoms with van der Waals surface area (Å²) in [4.78, 5) is 35.9. The van der Waals surface area contributed by atoms with Gasteiger partial charge >= 0.3 is 6.09 Å². The summed E-state index contributed by atoms with van der Waals surface area (Å²) in [5.41, 5.74) is 3.80. The zero-order chi connectivity index (χ0) is 28.3. The molecule has 1 N–H and O–H groups in total. The molecule has 9 heteroatoms. The number of nitriles is 1. The molecule has 1 amide bonds. The van der Waals surface area contributed by atoms with E-state index >= 15 is 0 Å². The lowest BCUT2D eigenvalue weighted by Crippen LogP contribution is -2.38. The van der Waals surface area contributed by atoms with Gasteiger partial charge in [0.2, 0.25) is 0 Å². The average molecular weight is 547 g/mol. The molecule has 1 aliphatic carbocycles. The van der Waals surface area contributed by atoms with Crippen molar-refractivity contribution in [3.05, 3.63) is 106 Å². The molecule has 0 radical (unpaired) electrons. The summed E-state index contributed by atoms with van der Waals surface area (Å²) in [7, 11) is 1.72. The van der Waals surface area contributed by atoms with Gasteiger partial charge in [-0.2, -0.15) is 5.26 Å². The van der Waals surface area contributed by atoms with Crippen LogP contribution >= 0.6 is 0 Å². The number of alkyl carbamates (subject to hydrolysis) is 1. The predicted octanol–water partition coefficient (Wildman–Crippen LogP) is 5.16. The molecule has 0 saturated heterocycles. The molecule has 1 fully saturated rings. The first-order valence-electron chi connectivity index (χ1n) is 13.8. The van der Waals surface area contributed by atoms with Crippen LogP contribution < -0.4 is 10.9 Å². The lowest BCUT2D eigenvalue weighted by atomic mass is 9.85. The van der Waals surface area contributed by atoms with Crippen LogP contribution in [0.2, 0.25) is 0 Å². The highest BCUT2D eigenvalue weighted by Crippen LogP contribution is 2.35. The van der Waals surface area contributed by atoms with Gasteiger partial charge in [-0.25, -0.2) is 14.8 Å². The van der Waals surface area contributed by atoms with Crippen molar-refractivity contribution in [1.29, 1.82) is 5.26 Å². The van der Waals surface area contributed by atoms with Crippen molar-refractivity contribution in [3.8, 4) is 6.07 Å². The molecule has 5 aromatic rings. The van der Waals surface area contributed by atoms with Crippen molar-refractivity contribution < 1.29 is 9.53 Å². The Morgan fingerprint density at radius 3 is 2.73 bits per heavy atom. The number of fused-ring (bicyclic) bond motifs is 3. The quantitative estimate of drug-likeness (QED) is 0.315. The highest BCUT2D eigenvalue weighted by molar-refractivity contribution is 6.00. The zero-order valence-electron chi connectivity index (χ0n) is 22.8. The fraction of sp³-hybridized carbons (Fsp3) is 0.281. The number of amides is 1. The van der Waals surface area contributed by atoms with Crippen LogP contribution in [0.25, 0.3) is 22.1 Å². The van der Waals surface area contributed by atoms with Crippen molar-refractivity contribution in [1.82, 2.24) is 24.4 Å². The summed E-state index contributed by atoms with van der Waals surface area (Å²) in [6.07, 6.45) is 4.50. The zero-order valence-corrected chi connectivity index (χ0v) is 22.8. The topological polar surface area (TPSA) is 115 Å². The monoisotopic (exact) mass is 546 g/mol. The van der Waals surface area contributed by atoms with Crippen molar-refractivity contribution >= 4 is 28.2 Å². The number of hydrogen-bond donors (Lipinski definition) is 1. The van der Waals surface area contributed by atoms with E-state index in [1.165, 1.54) is 0 Å². The maximum Gasteiger partial charge on any atom is 0.407 e. The van der Waals surface area contributed by atoms with E-state index in [4.69, 9.17) is 9.72 Å². The second-order valence-corrected chi connectivity index (χ2v) is 10.5. The van der Waals surface area contributed by atoms with Gasteiger partial charge in [-0.1, -0.05) is 55.0 Å². The third kappa shape index (κ3) is 5.16. The fourth-order valence-electron chi connectivity index (χ4n) is 5.88. The first-order chi connectivity index (χ1) is 20.0. The molecule has 206 valence electrons. The average Bonchev–Trinajstić information content (AvgIpc) is 3.39. The summed E-state index contributed by atoms with van der Waals surface area (Å²) in [6, 6.07) is 23.0. The molecule has 3 aromatic heterocycles. The van der Waals surface area contributed by atoms with Gasteiger partial charge in [0.05, 0.1) is 18.2 Å². The minimum atomic E-state index is -0.443. The Morgan fingerprint density at radius 1 is 1.10 bits per heavy atom. The lowest BCUT2D eigenvalue weighted by molar-refractivity contribution is 0.132.